The number of aromatic nitrogens is 2. The van der Waals surface area contributed by atoms with Crippen LogP contribution in [0.2, 0.25) is 5.02 Å². The van der Waals surface area contributed by atoms with Crippen LogP contribution >= 0.6 is 11.6 Å². The molecular formula is C25H32ClFN6O3. The lowest BCUT2D eigenvalue weighted by Gasteiger charge is -2.38. The van der Waals surface area contributed by atoms with Crippen molar-refractivity contribution in [3.63, 3.8) is 0 Å². The topological polar surface area (TPSA) is 124 Å². The number of carbonyl (C=O) groups is 3. The number of carbonyl (C=O) groups excluding carboxylic acids is 3. The van der Waals surface area contributed by atoms with Crippen molar-refractivity contribution < 1.29 is 18.8 Å². The molecule has 11 heteroatoms. The minimum absolute atomic E-state index is 0.0628. The molecule has 4 rings (SSSR count). The predicted molar refractivity (Wildman–Crippen MR) is 134 cm³/mol. The van der Waals surface area contributed by atoms with E-state index in [-0.39, 0.29) is 40.2 Å². The fraction of sp³-hybridized carbons (Fsp3) is 0.520. The second-order valence-electron chi connectivity index (χ2n) is 9.51. The molecule has 2 aromatic rings. The fourth-order valence-electron chi connectivity index (χ4n) is 5.15. The Morgan fingerprint density at radius 2 is 1.89 bits per heavy atom. The van der Waals surface area contributed by atoms with Gasteiger partial charge in [-0.25, -0.2) is 9.37 Å². The average Bonchev–Trinajstić information content (AvgIpc) is 3.37. The molecule has 1 aliphatic heterocycles. The van der Waals surface area contributed by atoms with E-state index in [9.17, 15) is 18.8 Å². The van der Waals surface area contributed by atoms with Gasteiger partial charge in [-0.1, -0.05) is 18.0 Å². The Morgan fingerprint density at radius 1 is 1.17 bits per heavy atom. The summed E-state index contributed by atoms with van der Waals surface area (Å²) >= 11 is 6.05. The molecule has 0 radical (unpaired) electrons. The maximum atomic E-state index is 13.5. The summed E-state index contributed by atoms with van der Waals surface area (Å²) in [7, 11) is 0. The zero-order valence-corrected chi connectivity index (χ0v) is 20.9. The first-order chi connectivity index (χ1) is 17.3. The van der Waals surface area contributed by atoms with Crippen molar-refractivity contribution >= 4 is 35.0 Å². The highest BCUT2D eigenvalue weighted by Crippen LogP contribution is 2.31. The fourth-order valence-corrected chi connectivity index (χ4v) is 5.36. The van der Waals surface area contributed by atoms with Gasteiger partial charge < -0.3 is 25.8 Å². The number of hydrogen-bond acceptors (Lipinski definition) is 5. The molecule has 1 aromatic carbocycles. The lowest BCUT2D eigenvalue weighted by molar-refractivity contribution is -0.121. The first kappa shape index (κ1) is 26.1. The maximum absolute atomic E-state index is 13.5. The SMILES string of the molecule is NC(=O)c1nc[nH]c1C(=O)N(CCN1CCCCC1)C1CCC(C(=O)Nc2ccc(F)cc2Cl)CC1. The predicted octanol–water partition coefficient (Wildman–Crippen LogP) is 3.43. The number of halogens is 2. The molecule has 194 valence electrons. The summed E-state index contributed by atoms with van der Waals surface area (Å²) in [5.74, 6) is -1.93. The first-order valence-electron chi connectivity index (χ1n) is 12.5. The van der Waals surface area contributed by atoms with Crippen molar-refractivity contribution in [3.8, 4) is 0 Å². The standard InChI is InChI=1S/C25H32ClFN6O3/c26-19-14-17(27)6-9-20(19)31-24(35)16-4-7-18(8-5-16)33(13-12-32-10-2-1-3-11-32)25(36)22-21(23(28)34)29-15-30-22/h6,9,14-16,18H,1-5,7-8,10-13H2,(H2,28,34)(H,29,30)(H,31,35). The quantitative estimate of drug-likeness (QED) is 0.494. The molecule has 2 heterocycles. The Morgan fingerprint density at radius 3 is 2.56 bits per heavy atom. The van der Waals surface area contributed by atoms with E-state index >= 15 is 0 Å². The summed E-state index contributed by atoms with van der Waals surface area (Å²) in [6, 6.07) is 3.78. The summed E-state index contributed by atoms with van der Waals surface area (Å²) in [6.07, 6.45) is 7.30. The summed E-state index contributed by atoms with van der Waals surface area (Å²) < 4.78 is 13.3. The Hall–Kier alpha value is -2.98. The van der Waals surface area contributed by atoms with Crippen LogP contribution in [0.4, 0.5) is 10.1 Å². The molecule has 1 saturated carbocycles. The minimum atomic E-state index is -0.754. The molecule has 0 unspecified atom stereocenters. The largest absolute Gasteiger partial charge is 0.364 e. The van der Waals surface area contributed by atoms with E-state index in [4.69, 9.17) is 17.3 Å². The molecule has 3 amide bonds. The minimum Gasteiger partial charge on any atom is -0.364 e. The van der Waals surface area contributed by atoms with Gasteiger partial charge in [-0.2, -0.15) is 0 Å². The highest BCUT2D eigenvalue weighted by molar-refractivity contribution is 6.33. The van der Waals surface area contributed by atoms with Crippen LogP contribution in [-0.2, 0) is 4.79 Å². The zero-order valence-electron chi connectivity index (χ0n) is 20.1. The van der Waals surface area contributed by atoms with Crippen molar-refractivity contribution in [2.24, 2.45) is 11.7 Å². The molecule has 1 aromatic heterocycles. The van der Waals surface area contributed by atoms with Gasteiger partial charge in [0.15, 0.2) is 5.69 Å². The molecule has 0 atom stereocenters. The van der Waals surface area contributed by atoms with E-state index in [1.165, 1.54) is 24.9 Å². The third-order valence-electron chi connectivity index (χ3n) is 7.15. The van der Waals surface area contributed by atoms with Crippen molar-refractivity contribution in [1.82, 2.24) is 19.8 Å². The highest BCUT2D eigenvalue weighted by Gasteiger charge is 2.34. The number of H-pyrrole nitrogens is 1. The van der Waals surface area contributed by atoms with Crippen LogP contribution in [0.25, 0.3) is 0 Å². The van der Waals surface area contributed by atoms with Crippen LogP contribution in [0, 0.1) is 11.7 Å². The lowest BCUT2D eigenvalue weighted by Crippen LogP contribution is -2.48. The van der Waals surface area contributed by atoms with Gasteiger partial charge in [0.05, 0.1) is 17.0 Å². The zero-order chi connectivity index (χ0) is 25.7. The molecule has 0 spiro atoms. The van der Waals surface area contributed by atoms with E-state index in [2.05, 4.69) is 20.2 Å². The molecule has 1 aliphatic carbocycles. The monoisotopic (exact) mass is 518 g/mol. The molecule has 36 heavy (non-hydrogen) atoms. The van der Waals surface area contributed by atoms with Crippen molar-refractivity contribution in [2.45, 2.75) is 51.0 Å². The third-order valence-corrected chi connectivity index (χ3v) is 7.46. The van der Waals surface area contributed by atoms with E-state index in [1.807, 2.05) is 0 Å². The van der Waals surface area contributed by atoms with Crippen LogP contribution in [-0.4, -0.2) is 69.7 Å². The molecule has 2 fully saturated rings. The van der Waals surface area contributed by atoms with Gasteiger partial charge in [0.1, 0.15) is 11.5 Å². The second kappa shape index (κ2) is 11.8. The highest BCUT2D eigenvalue weighted by atomic mass is 35.5. The Balaban J connectivity index is 1.42. The van der Waals surface area contributed by atoms with Gasteiger partial charge in [-0.3, -0.25) is 14.4 Å². The van der Waals surface area contributed by atoms with Crippen LogP contribution in [0.15, 0.2) is 24.5 Å². The van der Waals surface area contributed by atoms with Crippen molar-refractivity contribution in [3.05, 3.63) is 46.8 Å². The normalized spacial score (nSPS) is 20.6. The molecule has 1 saturated heterocycles. The molecular weight excluding hydrogens is 487 g/mol. The lowest BCUT2D eigenvalue weighted by atomic mass is 9.84. The number of likely N-dealkylation sites (tertiary alicyclic amines) is 1. The summed E-state index contributed by atoms with van der Waals surface area (Å²) in [4.78, 5) is 49.0. The summed E-state index contributed by atoms with van der Waals surface area (Å²) in [5.41, 5.74) is 5.84. The number of primary amides is 1. The number of piperidine rings is 1. The second-order valence-corrected chi connectivity index (χ2v) is 9.92. The number of nitrogens with two attached hydrogens (primary N) is 1. The van der Waals surface area contributed by atoms with Crippen LogP contribution in [0.5, 0.6) is 0 Å². The van der Waals surface area contributed by atoms with Crippen LogP contribution < -0.4 is 11.1 Å². The molecule has 4 N–H and O–H groups in total. The van der Waals surface area contributed by atoms with Gasteiger partial charge in [0.25, 0.3) is 11.8 Å². The number of anilines is 1. The number of nitrogens with one attached hydrogen (secondary N) is 2. The van der Waals surface area contributed by atoms with Crippen LogP contribution in [0.3, 0.4) is 0 Å². The van der Waals surface area contributed by atoms with Gasteiger partial charge in [-0.05, 0) is 69.8 Å². The summed E-state index contributed by atoms with van der Waals surface area (Å²) in [6.45, 7) is 3.28. The number of amides is 3. The Labute approximate surface area is 214 Å². The average molecular weight is 519 g/mol. The Kier molecular flexibility index (Phi) is 8.58. The smallest absolute Gasteiger partial charge is 0.273 e. The maximum Gasteiger partial charge on any atom is 0.273 e. The number of aromatic amines is 1. The molecule has 9 nitrogen and oxygen atoms in total. The number of imidazole rings is 1. The van der Waals surface area contributed by atoms with Gasteiger partial charge in [-0.15, -0.1) is 0 Å². The summed E-state index contributed by atoms with van der Waals surface area (Å²) in [5, 5.41) is 2.94. The van der Waals surface area contributed by atoms with Gasteiger partial charge in [0, 0.05) is 25.0 Å². The van der Waals surface area contributed by atoms with Gasteiger partial charge >= 0.3 is 0 Å². The van der Waals surface area contributed by atoms with E-state index < -0.39 is 11.7 Å². The molecule has 0 bridgehead atoms. The van der Waals surface area contributed by atoms with Crippen molar-refractivity contribution in [1.29, 1.82) is 0 Å². The first-order valence-corrected chi connectivity index (χ1v) is 12.8. The van der Waals surface area contributed by atoms with E-state index in [0.29, 0.717) is 37.9 Å². The number of nitrogens with zero attached hydrogens (tertiary/aromatic N) is 3. The number of benzene rings is 1. The Bertz CT molecular complexity index is 1100. The molecule has 2 aliphatic rings. The van der Waals surface area contributed by atoms with Crippen LogP contribution in [0.1, 0.15) is 65.9 Å². The van der Waals surface area contributed by atoms with Crippen molar-refractivity contribution in [2.75, 3.05) is 31.5 Å². The number of rotatable bonds is 8. The van der Waals surface area contributed by atoms with E-state index in [0.717, 1.165) is 38.5 Å². The number of hydrogen-bond donors (Lipinski definition) is 3. The third kappa shape index (κ3) is 6.22. The van der Waals surface area contributed by atoms with Gasteiger partial charge in [0.2, 0.25) is 5.91 Å². The van der Waals surface area contributed by atoms with E-state index in [1.54, 1.807) is 4.90 Å².